The summed E-state index contributed by atoms with van der Waals surface area (Å²) in [5.41, 5.74) is 5.00. The van der Waals surface area contributed by atoms with Crippen molar-refractivity contribution in [3.63, 3.8) is 0 Å². The van der Waals surface area contributed by atoms with E-state index in [0.29, 0.717) is 13.0 Å². The molecule has 1 saturated heterocycles. The first-order valence-electron chi connectivity index (χ1n) is 2.87. The first-order valence-corrected chi connectivity index (χ1v) is 2.87. The van der Waals surface area contributed by atoms with Crippen LogP contribution in [0.1, 0.15) is 20.8 Å². The number of carbonyl (C=O) groups excluding carboxylic acids is 1. The summed E-state index contributed by atoms with van der Waals surface area (Å²) in [6.45, 7) is 5.89. The molecule has 1 atom stereocenters. The van der Waals surface area contributed by atoms with Gasteiger partial charge in [0.2, 0.25) is 0 Å². The second kappa shape index (κ2) is 14.8. The predicted octanol–water partition coefficient (Wildman–Crippen LogP) is 1.35. The van der Waals surface area contributed by atoms with Crippen LogP contribution in [-0.2, 0) is 42.2 Å². The van der Waals surface area contributed by atoms with Crippen LogP contribution in [-0.4, -0.2) is 18.6 Å². The fourth-order valence-corrected chi connectivity index (χ4v) is 0.185. The number of hydrogen-bond donors (Lipinski definition) is 1. The van der Waals surface area contributed by atoms with Gasteiger partial charge in [-0.05, 0) is 0 Å². The van der Waals surface area contributed by atoms with Gasteiger partial charge in [0.15, 0.2) is 0 Å². The van der Waals surface area contributed by atoms with Crippen LogP contribution in [0.4, 0.5) is 0 Å². The van der Waals surface area contributed by atoms with Crippen LogP contribution in [0.5, 0.6) is 0 Å². The first-order chi connectivity index (χ1) is 4.13. The van der Waals surface area contributed by atoms with Crippen molar-refractivity contribution in [1.29, 1.82) is 0 Å². The van der Waals surface area contributed by atoms with E-state index in [1.807, 2.05) is 6.92 Å². The van der Waals surface area contributed by atoms with Gasteiger partial charge in [-0.3, -0.25) is 4.79 Å². The molecular weight excluding hydrogens is 346 g/mol. The molecule has 3 nitrogen and oxygen atoms in total. The van der Waals surface area contributed by atoms with Gasteiger partial charge < -0.3 is 17.4 Å². The van der Waals surface area contributed by atoms with Crippen LogP contribution in [0.3, 0.4) is 0 Å². The largest absolute Gasteiger partial charge is 0.465 e. The molecule has 0 bridgehead atoms. The van der Waals surface area contributed by atoms with Gasteiger partial charge in [0, 0.05) is 32.7 Å². The number of cyclic esters (lactones) is 1. The fraction of sp³-hybridized carbons (Fsp3) is 0.714. The third-order valence-corrected chi connectivity index (χ3v) is 0.569. The van der Waals surface area contributed by atoms with Gasteiger partial charge in [-0.1, -0.05) is 14.4 Å². The maximum Gasteiger partial charge on any atom is 0.309 e. The maximum atomic E-state index is 9.68. The Morgan fingerprint density at radius 2 is 1.83 bits per heavy atom. The average molecular weight is 363 g/mol. The smallest absolute Gasteiger partial charge is 0.309 e. The van der Waals surface area contributed by atoms with Gasteiger partial charge in [0.05, 0.1) is 6.42 Å². The van der Waals surface area contributed by atoms with Crippen molar-refractivity contribution in [2.75, 3.05) is 6.61 Å². The molecule has 1 heterocycles. The molecule has 73 valence electrons. The number of halogens is 1. The topological polar surface area (TPSA) is 52.3 Å². The summed E-state index contributed by atoms with van der Waals surface area (Å²) >= 11 is 0. The monoisotopic (exact) mass is 363 g/mol. The van der Waals surface area contributed by atoms with Gasteiger partial charge in [-0.15, -0.1) is 30.0 Å². The van der Waals surface area contributed by atoms with E-state index in [2.05, 4.69) is 11.7 Å². The van der Waals surface area contributed by atoms with Gasteiger partial charge >= 0.3 is 5.97 Å². The maximum absolute atomic E-state index is 9.68. The minimum Gasteiger partial charge on any atom is -0.465 e. The van der Waals surface area contributed by atoms with Crippen LogP contribution in [0, 0.1) is 6.92 Å². The van der Waals surface area contributed by atoms with E-state index in [1.54, 1.807) is 0 Å². The Balaban J connectivity index is -0.0000000436. The fourth-order valence-electron chi connectivity index (χ4n) is 0.185. The Morgan fingerprint density at radius 1 is 1.67 bits per heavy atom. The standard InChI is InChI=1S/C3H8N.C3H4O2.CH4.HI.Y/c1-3(2)4;4-3-1-2-5-3;;;/h3H,1,4H2,2H3;1-2H2;1H4;1H;/q-1;;;;. The van der Waals surface area contributed by atoms with Gasteiger partial charge in [0.25, 0.3) is 0 Å². The summed E-state index contributed by atoms with van der Waals surface area (Å²) in [5.74, 6) is -0.0648. The Labute approximate surface area is 117 Å². The second-order valence-electron chi connectivity index (χ2n) is 1.95. The quantitative estimate of drug-likeness (QED) is 0.402. The molecule has 0 aromatic heterocycles. The molecule has 1 rings (SSSR count). The molecule has 0 saturated carbocycles. The van der Waals surface area contributed by atoms with Crippen LogP contribution in [0.15, 0.2) is 0 Å². The number of ether oxygens (including phenoxy) is 1. The van der Waals surface area contributed by atoms with E-state index in [1.165, 1.54) is 0 Å². The van der Waals surface area contributed by atoms with E-state index >= 15 is 0 Å². The number of nitrogens with two attached hydrogens (primary N) is 1. The Bertz CT molecular complexity index is 92.7. The number of hydrogen-bond acceptors (Lipinski definition) is 3. The van der Waals surface area contributed by atoms with Crippen LogP contribution in [0.2, 0.25) is 0 Å². The molecule has 0 spiro atoms. The predicted molar refractivity (Wildman–Crippen MR) is 56.7 cm³/mol. The molecule has 0 aliphatic carbocycles. The van der Waals surface area contributed by atoms with Crippen LogP contribution in [0.25, 0.3) is 0 Å². The summed E-state index contributed by atoms with van der Waals surface area (Å²) in [6, 6.07) is 0.0833. The molecule has 5 heteroatoms. The first kappa shape index (κ1) is 23.2. The van der Waals surface area contributed by atoms with Crippen molar-refractivity contribution in [3.8, 4) is 0 Å². The van der Waals surface area contributed by atoms with E-state index < -0.39 is 0 Å². The Morgan fingerprint density at radius 3 is 1.83 bits per heavy atom. The van der Waals surface area contributed by atoms with Gasteiger partial charge in [0.1, 0.15) is 6.61 Å². The normalized spacial score (nSPS) is 13.8. The molecule has 0 aromatic carbocycles. The van der Waals surface area contributed by atoms with E-state index in [-0.39, 0.29) is 76.1 Å². The third kappa shape index (κ3) is 22.5. The molecule has 1 aliphatic heterocycles. The Hall–Kier alpha value is 1.26. The minimum atomic E-state index is -0.0648. The van der Waals surface area contributed by atoms with Crippen molar-refractivity contribution in [3.05, 3.63) is 6.92 Å². The van der Waals surface area contributed by atoms with Gasteiger partial charge in [-0.25, -0.2) is 0 Å². The van der Waals surface area contributed by atoms with Crippen molar-refractivity contribution in [1.82, 2.24) is 0 Å². The summed E-state index contributed by atoms with van der Waals surface area (Å²) in [5, 5.41) is 0. The summed E-state index contributed by atoms with van der Waals surface area (Å²) in [6.07, 6.45) is 0.625. The molecule has 12 heavy (non-hydrogen) atoms. The average Bonchev–Trinajstić information content (AvgIpc) is 1.59. The van der Waals surface area contributed by atoms with Crippen LogP contribution < -0.4 is 5.73 Å². The van der Waals surface area contributed by atoms with Crippen molar-refractivity contribution in [2.45, 2.75) is 26.8 Å². The summed E-state index contributed by atoms with van der Waals surface area (Å²) in [7, 11) is 0. The van der Waals surface area contributed by atoms with E-state index in [4.69, 9.17) is 5.73 Å². The third-order valence-electron chi connectivity index (χ3n) is 0.569. The van der Waals surface area contributed by atoms with Crippen LogP contribution >= 0.6 is 24.0 Å². The zero-order valence-electron chi connectivity index (χ0n) is 6.58. The van der Waals surface area contributed by atoms with E-state index in [0.717, 1.165) is 0 Å². The molecule has 1 fully saturated rings. The minimum absolute atomic E-state index is 0. The molecule has 2 N–H and O–H groups in total. The zero-order valence-corrected chi connectivity index (χ0v) is 11.7. The van der Waals surface area contributed by atoms with Gasteiger partial charge in [-0.2, -0.15) is 0 Å². The molecule has 0 amide bonds. The molecule has 0 aromatic rings. The van der Waals surface area contributed by atoms with E-state index in [9.17, 15) is 4.79 Å². The molecule has 1 radical (unpaired) electrons. The van der Waals surface area contributed by atoms with Crippen molar-refractivity contribution < 1.29 is 42.2 Å². The zero-order chi connectivity index (χ0) is 7.28. The number of rotatable bonds is 0. The number of carbonyl (C=O) groups is 1. The molecule has 1 unspecified atom stereocenters. The SMILES string of the molecule is C.I.O=C1CCO1.[CH2-]C(C)N.[Y]. The molecule has 1 aliphatic rings. The van der Waals surface area contributed by atoms with Crippen molar-refractivity contribution >= 4 is 29.9 Å². The second-order valence-corrected chi connectivity index (χ2v) is 1.95. The van der Waals surface area contributed by atoms with Crippen molar-refractivity contribution in [2.24, 2.45) is 5.73 Å². The number of esters is 1. The Kier molecular flexibility index (Phi) is 28.6. The molecular formula is C7H17INO2Y-. The summed E-state index contributed by atoms with van der Waals surface area (Å²) in [4.78, 5) is 9.68. The summed E-state index contributed by atoms with van der Waals surface area (Å²) < 4.78 is 4.29.